The molecule has 0 heterocycles. The third kappa shape index (κ3) is 8.58. The number of ether oxygens (including phenoxy) is 2. The molecule has 0 saturated carbocycles. The molecule has 1 aromatic carbocycles. The van der Waals surface area contributed by atoms with Crippen LogP contribution in [0.15, 0.2) is 24.3 Å². The van der Waals surface area contributed by atoms with Gasteiger partial charge in [-0.05, 0) is 51.5 Å². The van der Waals surface area contributed by atoms with E-state index in [1.807, 2.05) is 45.0 Å². The van der Waals surface area contributed by atoms with Crippen LogP contribution in [-0.4, -0.2) is 30.6 Å². The molecule has 1 N–H and O–H groups in total. The van der Waals surface area contributed by atoms with Gasteiger partial charge in [-0.1, -0.05) is 0 Å². The summed E-state index contributed by atoms with van der Waals surface area (Å²) in [7, 11) is 0. The summed E-state index contributed by atoms with van der Waals surface area (Å²) in [5, 5.41) is 2.85. The summed E-state index contributed by atoms with van der Waals surface area (Å²) in [6.45, 7) is 7.06. The molecule has 1 aromatic rings. The first-order valence-corrected chi connectivity index (χ1v) is 7.67. The molecule has 0 aromatic heterocycles. The molecule has 0 bridgehead atoms. The van der Waals surface area contributed by atoms with Gasteiger partial charge in [-0.3, -0.25) is 4.79 Å². The van der Waals surface area contributed by atoms with Gasteiger partial charge in [-0.2, -0.15) is 0 Å². The molecule has 21 heavy (non-hydrogen) atoms. The van der Waals surface area contributed by atoms with Crippen molar-refractivity contribution in [3.8, 4) is 5.75 Å². The number of carbonyl (C=O) groups excluding carboxylic acids is 1. The van der Waals surface area contributed by atoms with E-state index in [1.165, 1.54) is 0 Å². The van der Waals surface area contributed by atoms with Crippen LogP contribution in [0.3, 0.4) is 0 Å². The summed E-state index contributed by atoms with van der Waals surface area (Å²) in [6, 6.07) is 7.25. The lowest BCUT2D eigenvalue weighted by Gasteiger charge is -2.19. The SMILES string of the molecule is CC(C)(C)OCCCC(=O)Nc1ccc(OCCCl)cc1. The highest BCUT2D eigenvalue weighted by molar-refractivity contribution is 6.18. The van der Waals surface area contributed by atoms with Crippen LogP contribution in [-0.2, 0) is 9.53 Å². The van der Waals surface area contributed by atoms with Gasteiger partial charge in [0.2, 0.25) is 5.91 Å². The van der Waals surface area contributed by atoms with E-state index in [4.69, 9.17) is 21.1 Å². The molecule has 1 amide bonds. The van der Waals surface area contributed by atoms with Crippen molar-refractivity contribution in [1.29, 1.82) is 0 Å². The van der Waals surface area contributed by atoms with E-state index >= 15 is 0 Å². The van der Waals surface area contributed by atoms with Crippen molar-refractivity contribution in [3.05, 3.63) is 24.3 Å². The zero-order valence-electron chi connectivity index (χ0n) is 12.9. The molecule has 0 aliphatic heterocycles. The molecule has 1 rings (SSSR count). The fourth-order valence-electron chi connectivity index (χ4n) is 1.63. The quantitative estimate of drug-likeness (QED) is 0.586. The Bertz CT molecular complexity index is 426. The van der Waals surface area contributed by atoms with Gasteiger partial charge in [0.1, 0.15) is 12.4 Å². The molecule has 4 nitrogen and oxygen atoms in total. The van der Waals surface area contributed by atoms with Gasteiger partial charge in [0.15, 0.2) is 0 Å². The Morgan fingerprint density at radius 2 is 1.86 bits per heavy atom. The van der Waals surface area contributed by atoms with Crippen molar-refractivity contribution in [2.45, 2.75) is 39.2 Å². The molecular formula is C16H24ClNO3. The Labute approximate surface area is 131 Å². The average Bonchev–Trinajstić information content (AvgIpc) is 2.42. The summed E-state index contributed by atoms with van der Waals surface area (Å²) in [4.78, 5) is 11.8. The first-order valence-electron chi connectivity index (χ1n) is 7.13. The second-order valence-corrected chi connectivity index (χ2v) is 6.05. The van der Waals surface area contributed by atoms with Crippen LogP contribution < -0.4 is 10.1 Å². The molecule has 0 aliphatic rings. The predicted molar refractivity (Wildman–Crippen MR) is 86.2 cm³/mol. The number of amides is 1. The summed E-state index contributed by atoms with van der Waals surface area (Å²) in [5.74, 6) is 1.18. The molecule has 118 valence electrons. The Morgan fingerprint density at radius 3 is 2.43 bits per heavy atom. The standard InChI is InChI=1S/C16H24ClNO3/c1-16(2,3)21-11-4-5-15(19)18-13-6-8-14(9-7-13)20-12-10-17/h6-9H,4-5,10-12H2,1-3H3,(H,18,19). The molecule has 0 aliphatic carbocycles. The fourth-order valence-corrected chi connectivity index (χ4v) is 1.70. The number of benzene rings is 1. The summed E-state index contributed by atoms with van der Waals surface area (Å²) in [6.07, 6.45) is 1.15. The van der Waals surface area contributed by atoms with E-state index in [0.717, 1.165) is 11.4 Å². The Morgan fingerprint density at radius 1 is 1.19 bits per heavy atom. The lowest BCUT2D eigenvalue weighted by atomic mass is 10.2. The molecule has 0 unspecified atom stereocenters. The van der Waals surface area contributed by atoms with Crippen LogP contribution in [0.2, 0.25) is 0 Å². The maximum atomic E-state index is 11.8. The molecule has 0 saturated heterocycles. The second-order valence-electron chi connectivity index (χ2n) is 5.67. The number of alkyl halides is 1. The molecule has 0 atom stereocenters. The maximum Gasteiger partial charge on any atom is 0.224 e. The number of hydrogen-bond acceptors (Lipinski definition) is 3. The van der Waals surface area contributed by atoms with Gasteiger partial charge in [-0.15, -0.1) is 11.6 Å². The zero-order chi connectivity index (χ0) is 15.7. The maximum absolute atomic E-state index is 11.8. The highest BCUT2D eigenvalue weighted by Crippen LogP contribution is 2.16. The Hall–Kier alpha value is -1.26. The normalized spacial score (nSPS) is 11.2. The lowest BCUT2D eigenvalue weighted by molar-refractivity contribution is -0.116. The van der Waals surface area contributed by atoms with Gasteiger partial charge in [-0.25, -0.2) is 0 Å². The third-order valence-corrected chi connectivity index (χ3v) is 2.72. The minimum Gasteiger partial charge on any atom is -0.492 e. The Kier molecular flexibility index (Phi) is 7.54. The van der Waals surface area contributed by atoms with Crippen molar-refractivity contribution in [1.82, 2.24) is 0 Å². The van der Waals surface area contributed by atoms with Crippen molar-refractivity contribution < 1.29 is 14.3 Å². The predicted octanol–water partition coefficient (Wildman–Crippen LogP) is 3.84. The monoisotopic (exact) mass is 313 g/mol. The van der Waals surface area contributed by atoms with Gasteiger partial charge >= 0.3 is 0 Å². The molecule has 0 radical (unpaired) electrons. The number of halogens is 1. The van der Waals surface area contributed by atoms with Crippen LogP contribution in [0.25, 0.3) is 0 Å². The van der Waals surface area contributed by atoms with Crippen LogP contribution in [0.4, 0.5) is 5.69 Å². The largest absolute Gasteiger partial charge is 0.492 e. The number of rotatable bonds is 8. The first kappa shape index (κ1) is 17.8. The highest BCUT2D eigenvalue weighted by atomic mass is 35.5. The first-order chi connectivity index (χ1) is 9.90. The molecular weight excluding hydrogens is 290 g/mol. The van der Waals surface area contributed by atoms with E-state index in [1.54, 1.807) is 0 Å². The van der Waals surface area contributed by atoms with Gasteiger partial charge in [0, 0.05) is 18.7 Å². The van der Waals surface area contributed by atoms with E-state index in [2.05, 4.69) is 5.32 Å². The van der Waals surface area contributed by atoms with Crippen molar-refractivity contribution in [2.75, 3.05) is 24.4 Å². The topological polar surface area (TPSA) is 47.6 Å². The minimum atomic E-state index is -0.157. The van der Waals surface area contributed by atoms with Crippen LogP contribution in [0.5, 0.6) is 5.75 Å². The molecule has 0 fully saturated rings. The zero-order valence-corrected chi connectivity index (χ0v) is 13.7. The summed E-state index contributed by atoms with van der Waals surface area (Å²) >= 11 is 5.55. The molecule has 5 heteroatoms. The van der Waals surface area contributed by atoms with E-state index in [9.17, 15) is 4.79 Å². The number of nitrogens with one attached hydrogen (secondary N) is 1. The summed E-state index contributed by atoms with van der Waals surface area (Å²) in [5.41, 5.74) is 0.602. The van der Waals surface area contributed by atoms with Crippen molar-refractivity contribution in [3.63, 3.8) is 0 Å². The lowest BCUT2D eigenvalue weighted by Crippen LogP contribution is -2.20. The smallest absolute Gasteiger partial charge is 0.224 e. The van der Waals surface area contributed by atoms with E-state index in [0.29, 0.717) is 31.9 Å². The third-order valence-electron chi connectivity index (χ3n) is 2.57. The minimum absolute atomic E-state index is 0.0121. The van der Waals surface area contributed by atoms with Crippen molar-refractivity contribution in [2.24, 2.45) is 0 Å². The second kappa shape index (κ2) is 8.90. The van der Waals surface area contributed by atoms with Gasteiger partial charge in [0.05, 0.1) is 11.5 Å². The average molecular weight is 314 g/mol. The fraction of sp³-hybridized carbons (Fsp3) is 0.562. The van der Waals surface area contributed by atoms with E-state index in [-0.39, 0.29) is 11.5 Å². The molecule has 0 spiro atoms. The Balaban J connectivity index is 2.28. The number of anilines is 1. The van der Waals surface area contributed by atoms with Crippen LogP contribution in [0, 0.1) is 0 Å². The summed E-state index contributed by atoms with van der Waals surface area (Å²) < 4.78 is 10.9. The number of carbonyl (C=O) groups is 1. The van der Waals surface area contributed by atoms with E-state index < -0.39 is 0 Å². The van der Waals surface area contributed by atoms with Gasteiger partial charge < -0.3 is 14.8 Å². The van der Waals surface area contributed by atoms with Crippen molar-refractivity contribution >= 4 is 23.2 Å². The van der Waals surface area contributed by atoms with Gasteiger partial charge in [0.25, 0.3) is 0 Å². The van der Waals surface area contributed by atoms with Crippen LogP contribution >= 0.6 is 11.6 Å². The van der Waals surface area contributed by atoms with Crippen LogP contribution in [0.1, 0.15) is 33.6 Å². The highest BCUT2D eigenvalue weighted by Gasteiger charge is 2.10. The number of hydrogen-bond donors (Lipinski definition) is 1.